The Hall–Kier alpha value is -1.83. The summed E-state index contributed by atoms with van der Waals surface area (Å²) in [7, 11) is 0. The van der Waals surface area contributed by atoms with Crippen LogP contribution in [0.2, 0.25) is 0 Å². The minimum atomic E-state index is -0.258. The van der Waals surface area contributed by atoms with E-state index >= 15 is 0 Å². The van der Waals surface area contributed by atoms with Crippen LogP contribution in [0.15, 0.2) is 48.5 Å². The molecule has 19 heavy (non-hydrogen) atoms. The maximum atomic E-state index is 14.3. The fourth-order valence-corrected chi connectivity index (χ4v) is 1.94. The molecule has 0 aliphatic heterocycles. The SMILES string of the molecule is CC(C)(C)c1cccc(OCc2ccccc2)c1F. The van der Waals surface area contributed by atoms with Gasteiger partial charge in [-0.05, 0) is 22.6 Å². The Morgan fingerprint density at radius 2 is 1.63 bits per heavy atom. The summed E-state index contributed by atoms with van der Waals surface area (Å²) in [5.74, 6) is 0.0576. The first kappa shape index (κ1) is 13.6. The molecule has 1 nitrogen and oxygen atoms in total. The highest BCUT2D eigenvalue weighted by atomic mass is 19.1. The van der Waals surface area contributed by atoms with E-state index in [9.17, 15) is 4.39 Å². The molecule has 2 rings (SSSR count). The van der Waals surface area contributed by atoms with E-state index in [-0.39, 0.29) is 11.2 Å². The van der Waals surface area contributed by atoms with E-state index in [0.29, 0.717) is 17.9 Å². The van der Waals surface area contributed by atoms with Crippen LogP contribution in [-0.4, -0.2) is 0 Å². The molecule has 2 aromatic carbocycles. The maximum Gasteiger partial charge on any atom is 0.168 e. The first-order valence-corrected chi connectivity index (χ1v) is 6.44. The van der Waals surface area contributed by atoms with Gasteiger partial charge >= 0.3 is 0 Å². The van der Waals surface area contributed by atoms with Gasteiger partial charge < -0.3 is 4.74 Å². The van der Waals surface area contributed by atoms with E-state index < -0.39 is 0 Å². The van der Waals surface area contributed by atoms with Gasteiger partial charge in [0.15, 0.2) is 11.6 Å². The van der Waals surface area contributed by atoms with Crippen LogP contribution < -0.4 is 4.74 Å². The molecule has 0 spiro atoms. The average Bonchev–Trinajstić information content (AvgIpc) is 2.37. The normalized spacial score (nSPS) is 11.4. The van der Waals surface area contributed by atoms with E-state index in [1.165, 1.54) is 0 Å². The van der Waals surface area contributed by atoms with Crippen LogP contribution in [0.4, 0.5) is 4.39 Å². The van der Waals surface area contributed by atoms with E-state index in [1.54, 1.807) is 6.07 Å². The van der Waals surface area contributed by atoms with Crippen LogP contribution in [0, 0.1) is 5.82 Å². The van der Waals surface area contributed by atoms with Gasteiger partial charge in [-0.15, -0.1) is 0 Å². The van der Waals surface area contributed by atoms with Crippen molar-refractivity contribution in [3.05, 3.63) is 65.5 Å². The lowest BCUT2D eigenvalue weighted by atomic mass is 9.86. The standard InChI is InChI=1S/C17H19FO/c1-17(2,3)14-10-7-11-15(16(14)18)19-12-13-8-5-4-6-9-13/h4-11H,12H2,1-3H3. The number of hydrogen-bond acceptors (Lipinski definition) is 1. The molecule has 0 amide bonds. The maximum absolute atomic E-state index is 14.3. The highest BCUT2D eigenvalue weighted by Crippen LogP contribution is 2.30. The van der Waals surface area contributed by atoms with Crippen molar-refractivity contribution in [3.8, 4) is 5.75 Å². The molecule has 0 bridgehead atoms. The lowest BCUT2D eigenvalue weighted by molar-refractivity contribution is 0.287. The first-order chi connectivity index (χ1) is 8.98. The fraction of sp³-hybridized carbons (Fsp3) is 0.294. The van der Waals surface area contributed by atoms with Crippen LogP contribution in [0.1, 0.15) is 31.9 Å². The molecule has 0 aliphatic carbocycles. The van der Waals surface area contributed by atoms with Crippen molar-refractivity contribution < 1.29 is 9.13 Å². The van der Waals surface area contributed by atoms with Crippen LogP contribution in [0.25, 0.3) is 0 Å². The second kappa shape index (κ2) is 5.43. The second-order valence-electron chi connectivity index (χ2n) is 5.64. The summed E-state index contributed by atoms with van der Waals surface area (Å²) in [6.45, 7) is 6.36. The van der Waals surface area contributed by atoms with E-state index in [0.717, 1.165) is 5.56 Å². The van der Waals surface area contributed by atoms with Gasteiger partial charge in [0.25, 0.3) is 0 Å². The highest BCUT2D eigenvalue weighted by molar-refractivity contribution is 5.35. The molecule has 0 aliphatic rings. The smallest absolute Gasteiger partial charge is 0.168 e. The summed E-state index contributed by atoms with van der Waals surface area (Å²) in [5, 5.41) is 0. The summed E-state index contributed by atoms with van der Waals surface area (Å²) < 4.78 is 19.9. The molecule has 0 saturated carbocycles. The van der Waals surface area contributed by atoms with Crippen molar-refractivity contribution in [2.75, 3.05) is 0 Å². The topological polar surface area (TPSA) is 9.23 Å². The number of ether oxygens (including phenoxy) is 1. The van der Waals surface area contributed by atoms with Gasteiger partial charge in [-0.25, -0.2) is 4.39 Å². The van der Waals surface area contributed by atoms with E-state index in [4.69, 9.17) is 4.74 Å². The Balaban J connectivity index is 2.18. The lowest BCUT2D eigenvalue weighted by Gasteiger charge is -2.21. The summed E-state index contributed by atoms with van der Waals surface area (Å²) in [6.07, 6.45) is 0. The Kier molecular flexibility index (Phi) is 3.89. The minimum absolute atomic E-state index is 0.226. The van der Waals surface area contributed by atoms with Crippen molar-refractivity contribution >= 4 is 0 Å². The third-order valence-electron chi connectivity index (χ3n) is 3.01. The molecule has 0 N–H and O–H groups in total. The number of hydrogen-bond donors (Lipinski definition) is 0. The van der Waals surface area contributed by atoms with Crippen molar-refractivity contribution in [3.63, 3.8) is 0 Å². The van der Waals surface area contributed by atoms with Gasteiger partial charge in [-0.1, -0.05) is 63.2 Å². The summed E-state index contributed by atoms with van der Waals surface area (Å²) in [4.78, 5) is 0. The van der Waals surface area contributed by atoms with Gasteiger partial charge in [-0.2, -0.15) is 0 Å². The molecular formula is C17H19FO. The average molecular weight is 258 g/mol. The molecule has 2 aromatic rings. The predicted molar refractivity (Wildman–Crippen MR) is 75.9 cm³/mol. The zero-order valence-corrected chi connectivity index (χ0v) is 11.6. The van der Waals surface area contributed by atoms with Gasteiger partial charge in [0.2, 0.25) is 0 Å². The molecule has 0 saturated heterocycles. The zero-order chi connectivity index (χ0) is 13.9. The Labute approximate surface area is 114 Å². The first-order valence-electron chi connectivity index (χ1n) is 6.44. The van der Waals surface area contributed by atoms with Gasteiger partial charge in [0.05, 0.1) is 0 Å². The van der Waals surface area contributed by atoms with Crippen molar-refractivity contribution in [1.29, 1.82) is 0 Å². The van der Waals surface area contributed by atoms with Gasteiger partial charge in [0.1, 0.15) is 6.61 Å². The molecule has 0 aromatic heterocycles. The Morgan fingerprint density at radius 3 is 2.26 bits per heavy atom. The van der Waals surface area contributed by atoms with Crippen molar-refractivity contribution in [2.45, 2.75) is 32.8 Å². The fourth-order valence-electron chi connectivity index (χ4n) is 1.94. The summed E-state index contributed by atoms with van der Waals surface area (Å²) in [5.41, 5.74) is 1.48. The predicted octanol–water partition coefficient (Wildman–Crippen LogP) is 4.70. The highest BCUT2D eigenvalue weighted by Gasteiger charge is 2.20. The Bertz CT molecular complexity index is 541. The number of halogens is 1. The molecule has 0 fully saturated rings. The van der Waals surface area contributed by atoms with Crippen molar-refractivity contribution in [2.24, 2.45) is 0 Å². The van der Waals surface area contributed by atoms with Crippen LogP contribution in [0.5, 0.6) is 5.75 Å². The largest absolute Gasteiger partial charge is 0.486 e. The molecular weight excluding hydrogens is 239 g/mol. The second-order valence-corrected chi connectivity index (χ2v) is 5.64. The van der Waals surface area contributed by atoms with Crippen LogP contribution in [-0.2, 0) is 12.0 Å². The van der Waals surface area contributed by atoms with Crippen molar-refractivity contribution in [1.82, 2.24) is 0 Å². The van der Waals surface area contributed by atoms with Crippen LogP contribution in [0.3, 0.4) is 0 Å². The molecule has 0 unspecified atom stereocenters. The lowest BCUT2D eigenvalue weighted by Crippen LogP contribution is -2.14. The molecule has 2 heteroatoms. The van der Waals surface area contributed by atoms with E-state index in [1.807, 2.05) is 63.2 Å². The number of benzene rings is 2. The third kappa shape index (κ3) is 3.34. The quantitative estimate of drug-likeness (QED) is 0.775. The third-order valence-corrected chi connectivity index (χ3v) is 3.01. The monoisotopic (exact) mass is 258 g/mol. The van der Waals surface area contributed by atoms with Crippen LogP contribution >= 0.6 is 0 Å². The van der Waals surface area contributed by atoms with Gasteiger partial charge in [-0.3, -0.25) is 0 Å². The molecule has 0 radical (unpaired) electrons. The number of rotatable bonds is 3. The minimum Gasteiger partial charge on any atom is -0.486 e. The van der Waals surface area contributed by atoms with E-state index in [2.05, 4.69) is 0 Å². The Morgan fingerprint density at radius 1 is 0.947 bits per heavy atom. The molecule has 100 valence electrons. The zero-order valence-electron chi connectivity index (χ0n) is 11.6. The summed E-state index contributed by atoms with van der Waals surface area (Å²) in [6, 6.07) is 15.1. The molecule has 0 atom stereocenters. The summed E-state index contributed by atoms with van der Waals surface area (Å²) >= 11 is 0. The van der Waals surface area contributed by atoms with Gasteiger partial charge in [0, 0.05) is 0 Å². The molecule has 0 heterocycles.